The zero-order valence-electron chi connectivity index (χ0n) is 11.8. The Hall–Kier alpha value is -1.39. The number of nitrogens with one attached hydrogen (secondary N) is 1. The van der Waals surface area contributed by atoms with E-state index in [0.29, 0.717) is 6.61 Å². The van der Waals surface area contributed by atoms with Gasteiger partial charge in [-0.2, -0.15) is 0 Å². The van der Waals surface area contributed by atoms with Crippen LogP contribution in [0.5, 0.6) is 5.75 Å². The van der Waals surface area contributed by atoms with Gasteiger partial charge in [-0.15, -0.1) is 0 Å². The Morgan fingerprint density at radius 1 is 1.25 bits per heavy atom. The van der Waals surface area contributed by atoms with Gasteiger partial charge in [0.2, 0.25) is 0 Å². The van der Waals surface area contributed by atoms with E-state index < -0.39 is 0 Å². The number of hydrogen-bond acceptors (Lipinski definition) is 3. The summed E-state index contributed by atoms with van der Waals surface area (Å²) in [4.78, 5) is 4.50. The van der Waals surface area contributed by atoms with Gasteiger partial charge < -0.3 is 10.1 Å². The van der Waals surface area contributed by atoms with Gasteiger partial charge in [-0.1, -0.05) is 19.1 Å². The highest BCUT2D eigenvalue weighted by Gasteiger charge is 2.17. The fourth-order valence-electron chi connectivity index (χ4n) is 2.14. The van der Waals surface area contributed by atoms with E-state index in [-0.39, 0.29) is 6.04 Å². The number of halogens is 1. The van der Waals surface area contributed by atoms with Crippen molar-refractivity contribution in [1.82, 2.24) is 10.3 Å². The van der Waals surface area contributed by atoms with E-state index in [0.717, 1.165) is 28.0 Å². The van der Waals surface area contributed by atoms with Crippen molar-refractivity contribution in [2.45, 2.75) is 19.9 Å². The third-order valence-electron chi connectivity index (χ3n) is 2.97. The lowest BCUT2D eigenvalue weighted by atomic mass is 10.0. The molecule has 1 heterocycles. The van der Waals surface area contributed by atoms with Crippen LogP contribution in [0.1, 0.15) is 31.1 Å². The Balaban J connectivity index is 2.38. The molecule has 0 aliphatic heterocycles. The summed E-state index contributed by atoms with van der Waals surface area (Å²) in [5.74, 6) is 0.889. The van der Waals surface area contributed by atoms with Crippen molar-refractivity contribution in [1.29, 1.82) is 0 Å². The van der Waals surface area contributed by atoms with Crippen LogP contribution in [-0.2, 0) is 0 Å². The maximum absolute atomic E-state index is 5.58. The summed E-state index contributed by atoms with van der Waals surface area (Å²) in [6.45, 7) is 5.62. The molecule has 3 nitrogen and oxygen atoms in total. The fraction of sp³-hybridized carbons (Fsp3) is 0.312. The lowest BCUT2D eigenvalue weighted by molar-refractivity contribution is 0.339. The van der Waals surface area contributed by atoms with Gasteiger partial charge in [-0.3, -0.25) is 4.98 Å². The van der Waals surface area contributed by atoms with Crippen molar-refractivity contribution in [3.05, 3.63) is 58.3 Å². The average Bonchev–Trinajstić information content (AvgIpc) is 2.46. The minimum atomic E-state index is 0.0518. The summed E-state index contributed by atoms with van der Waals surface area (Å²) in [5.41, 5.74) is 2.14. The number of nitrogens with zero attached hydrogens (tertiary/aromatic N) is 1. The third-order valence-corrected chi connectivity index (χ3v) is 3.64. The molecular weight excluding hydrogens is 316 g/mol. The van der Waals surface area contributed by atoms with Gasteiger partial charge in [0.1, 0.15) is 5.75 Å². The van der Waals surface area contributed by atoms with Crippen LogP contribution in [0.4, 0.5) is 0 Å². The summed E-state index contributed by atoms with van der Waals surface area (Å²) in [6.07, 6.45) is 1.82. The van der Waals surface area contributed by atoms with Crippen LogP contribution in [0.15, 0.2) is 47.1 Å². The molecule has 0 fully saturated rings. The van der Waals surface area contributed by atoms with Crippen LogP contribution < -0.4 is 10.1 Å². The minimum Gasteiger partial charge on any atom is -0.494 e. The maximum atomic E-state index is 5.58. The van der Waals surface area contributed by atoms with E-state index in [1.807, 2.05) is 37.4 Å². The quantitative estimate of drug-likeness (QED) is 0.868. The molecule has 0 spiro atoms. The van der Waals surface area contributed by atoms with Crippen molar-refractivity contribution in [3.8, 4) is 5.75 Å². The average molecular weight is 335 g/mol. The van der Waals surface area contributed by atoms with E-state index in [1.54, 1.807) is 0 Å². The monoisotopic (exact) mass is 334 g/mol. The van der Waals surface area contributed by atoms with Gasteiger partial charge in [-0.05, 0) is 59.2 Å². The number of hydrogen-bond donors (Lipinski definition) is 1. The first kappa shape index (κ1) is 15.0. The standard InChI is InChI=1S/C16H19BrN2O/c1-3-18-15(16-14(17)9-6-10-19-16)12-7-5-8-13(11-12)20-4-2/h5-11,15,18H,3-4H2,1-2H3. The Morgan fingerprint density at radius 3 is 2.80 bits per heavy atom. The lowest BCUT2D eigenvalue weighted by Crippen LogP contribution is -2.23. The predicted octanol–water partition coefficient (Wildman–Crippen LogP) is 3.94. The molecule has 2 rings (SSSR count). The zero-order chi connectivity index (χ0) is 14.4. The SMILES string of the molecule is CCNC(c1cccc(OCC)c1)c1ncccc1Br. The highest BCUT2D eigenvalue weighted by Crippen LogP contribution is 2.28. The van der Waals surface area contributed by atoms with Gasteiger partial charge in [-0.25, -0.2) is 0 Å². The van der Waals surface area contributed by atoms with Crippen molar-refractivity contribution >= 4 is 15.9 Å². The normalized spacial score (nSPS) is 12.2. The summed E-state index contributed by atoms with van der Waals surface area (Å²) in [5, 5.41) is 3.48. The van der Waals surface area contributed by atoms with Crippen LogP contribution in [0, 0.1) is 0 Å². The van der Waals surface area contributed by atoms with Crippen molar-refractivity contribution in [2.24, 2.45) is 0 Å². The first-order valence-corrected chi connectivity index (χ1v) is 7.62. The Labute approximate surface area is 128 Å². The Kier molecular flexibility index (Phi) is 5.56. The second-order valence-electron chi connectivity index (χ2n) is 4.37. The molecule has 1 N–H and O–H groups in total. The molecule has 2 aromatic rings. The van der Waals surface area contributed by atoms with Crippen LogP contribution in [0.2, 0.25) is 0 Å². The van der Waals surface area contributed by atoms with E-state index in [2.05, 4.69) is 45.3 Å². The minimum absolute atomic E-state index is 0.0518. The van der Waals surface area contributed by atoms with Gasteiger partial charge >= 0.3 is 0 Å². The second kappa shape index (κ2) is 7.41. The molecule has 1 atom stereocenters. The lowest BCUT2D eigenvalue weighted by Gasteiger charge is -2.19. The third kappa shape index (κ3) is 3.58. The predicted molar refractivity (Wildman–Crippen MR) is 85.1 cm³/mol. The van der Waals surface area contributed by atoms with Crippen molar-refractivity contribution in [3.63, 3.8) is 0 Å². The van der Waals surface area contributed by atoms with Crippen LogP contribution in [-0.4, -0.2) is 18.1 Å². The van der Waals surface area contributed by atoms with Crippen molar-refractivity contribution < 1.29 is 4.74 Å². The molecule has 0 aliphatic carbocycles. The largest absolute Gasteiger partial charge is 0.494 e. The van der Waals surface area contributed by atoms with Crippen molar-refractivity contribution in [2.75, 3.05) is 13.2 Å². The molecule has 1 aromatic heterocycles. The van der Waals surface area contributed by atoms with Gasteiger partial charge in [0.05, 0.1) is 18.3 Å². The first-order valence-electron chi connectivity index (χ1n) is 6.82. The molecule has 0 amide bonds. The summed E-state index contributed by atoms with van der Waals surface area (Å²) in [7, 11) is 0. The Bertz CT molecular complexity index is 560. The van der Waals surface area contributed by atoms with E-state index in [4.69, 9.17) is 4.74 Å². The summed E-state index contributed by atoms with van der Waals surface area (Å²) < 4.78 is 6.59. The molecule has 106 valence electrons. The molecule has 0 saturated carbocycles. The number of benzene rings is 1. The topological polar surface area (TPSA) is 34.1 Å². The van der Waals surface area contributed by atoms with Crippen LogP contribution in [0.3, 0.4) is 0 Å². The molecule has 1 aromatic carbocycles. The number of rotatable bonds is 6. The number of aromatic nitrogens is 1. The summed E-state index contributed by atoms with van der Waals surface area (Å²) >= 11 is 3.58. The van der Waals surface area contributed by atoms with Gasteiger partial charge in [0, 0.05) is 10.7 Å². The van der Waals surface area contributed by atoms with E-state index in [9.17, 15) is 0 Å². The number of pyridine rings is 1. The first-order chi connectivity index (χ1) is 9.76. The number of ether oxygens (including phenoxy) is 1. The van der Waals surface area contributed by atoms with Crippen LogP contribution >= 0.6 is 15.9 Å². The van der Waals surface area contributed by atoms with Crippen LogP contribution in [0.25, 0.3) is 0 Å². The van der Waals surface area contributed by atoms with E-state index in [1.165, 1.54) is 0 Å². The molecular formula is C16H19BrN2O. The molecule has 0 saturated heterocycles. The fourth-order valence-corrected chi connectivity index (χ4v) is 2.62. The van der Waals surface area contributed by atoms with Gasteiger partial charge in [0.15, 0.2) is 0 Å². The highest BCUT2D eigenvalue weighted by atomic mass is 79.9. The summed E-state index contributed by atoms with van der Waals surface area (Å²) in [6, 6.07) is 12.1. The van der Waals surface area contributed by atoms with E-state index >= 15 is 0 Å². The molecule has 0 aliphatic rings. The smallest absolute Gasteiger partial charge is 0.119 e. The Morgan fingerprint density at radius 2 is 2.10 bits per heavy atom. The maximum Gasteiger partial charge on any atom is 0.119 e. The molecule has 4 heteroatoms. The molecule has 0 bridgehead atoms. The molecule has 0 radical (unpaired) electrons. The van der Waals surface area contributed by atoms with Gasteiger partial charge in [0.25, 0.3) is 0 Å². The zero-order valence-corrected chi connectivity index (χ0v) is 13.4. The second-order valence-corrected chi connectivity index (χ2v) is 5.22. The highest BCUT2D eigenvalue weighted by molar-refractivity contribution is 9.10. The molecule has 1 unspecified atom stereocenters. The molecule has 20 heavy (non-hydrogen) atoms.